The van der Waals surface area contributed by atoms with Gasteiger partial charge in [-0.3, -0.25) is 14.4 Å². The minimum Gasteiger partial charge on any atom is -0.368 e. The van der Waals surface area contributed by atoms with Gasteiger partial charge in [0.25, 0.3) is 11.8 Å². The fourth-order valence-corrected chi connectivity index (χ4v) is 2.97. The Morgan fingerprint density at radius 1 is 1.04 bits per heavy atom. The number of para-hydroxylation sites is 1. The maximum Gasteiger partial charge on any atom is 0.254 e. The molecule has 7 heteroatoms. The van der Waals surface area contributed by atoms with E-state index < -0.39 is 6.10 Å². The summed E-state index contributed by atoms with van der Waals surface area (Å²) >= 11 is 0. The topological polar surface area (TPSA) is 87.7 Å². The van der Waals surface area contributed by atoms with Crippen molar-refractivity contribution in [2.24, 2.45) is 0 Å². The van der Waals surface area contributed by atoms with Gasteiger partial charge in [0.2, 0.25) is 5.91 Å². The molecular weight excluding hydrogens is 358 g/mol. The third-order valence-electron chi connectivity index (χ3n) is 4.38. The van der Waals surface area contributed by atoms with Crippen LogP contribution >= 0.6 is 0 Å². The number of hydrogen-bond acceptors (Lipinski definition) is 4. The van der Waals surface area contributed by atoms with Gasteiger partial charge < -0.3 is 20.3 Å². The molecule has 3 amide bonds. The Morgan fingerprint density at radius 3 is 2.50 bits per heavy atom. The van der Waals surface area contributed by atoms with Crippen LogP contribution < -0.4 is 10.6 Å². The molecule has 0 aromatic heterocycles. The van der Waals surface area contributed by atoms with Crippen LogP contribution in [0.2, 0.25) is 0 Å². The molecule has 1 saturated heterocycles. The van der Waals surface area contributed by atoms with Crippen molar-refractivity contribution in [1.29, 1.82) is 0 Å². The fraction of sp³-hybridized carbons (Fsp3) is 0.286. The Balaban J connectivity index is 1.58. The largest absolute Gasteiger partial charge is 0.368 e. The molecule has 0 aliphatic carbocycles. The third-order valence-corrected chi connectivity index (χ3v) is 4.38. The molecule has 0 spiro atoms. The molecule has 1 aliphatic heterocycles. The number of rotatable bonds is 6. The van der Waals surface area contributed by atoms with Crippen LogP contribution in [0.3, 0.4) is 0 Å². The van der Waals surface area contributed by atoms with E-state index in [1.807, 2.05) is 18.2 Å². The SMILES string of the molecule is CN(CC(=O)Nc1ccccc1)C(=O)c1cccc(NC(=O)C2CCCO2)c1. The van der Waals surface area contributed by atoms with Gasteiger partial charge >= 0.3 is 0 Å². The van der Waals surface area contributed by atoms with Crippen LogP contribution in [-0.2, 0) is 14.3 Å². The zero-order chi connectivity index (χ0) is 19.9. The Labute approximate surface area is 163 Å². The monoisotopic (exact) mass is 381 g/mol. The van der Waals surface area contributed by atoms with Crippen LogP contribution in [0.15, 0.2) is 54.6 Å². The second-order valence-electron chi connectivity index (χ2n) is 6.65. The summed E-state index contributed by atoms with van der Waals surface area (Å²) in [5.41, 5.74) is 1.58. The maximum absolute atomic E-state index is 12.6. The first-order valence-corrected chi connectivity index (χ1v) is 9.16. The summed E-state index contributed by atoms with van der Waals surface area (Å²) in [6.07, 6.45) is 1.12. The lowest BCUT2D eigenvalue weighted by atomic mass is 10.1. The van der Waals surface area contributed by atoms with Gasteiger partial charge in [-0.15, -0.1) is 0 Å². The number of carbonyl (C=O) groups is 3. The minimum atomic E-state index is -0.441. The van der Waals surface area contributed by atoms with E-state index in [1.165, 1.54) is 4.90 Å². The highest BCUT2D eigenvalue weighted by Crippen LogP contribution is 2.17. The van der Waals surface area contributed by atoms with E-state index in [4.69, 9.17) is 4.74 Å². The predicted octanol–water partition coefficient (Wildman–Crippen LogP) is 2.51. The fourth-order valence-electron chi connectivity index (χ4n) is 2.97. The number of ether oxygens (including phenoxy) is 1. The second-order valence-corrected chi connectivity index (χ2v) is 6.65. The number of hydrogen-bond donors (Lipinski definition) is 2. The van der Waals surface area contributed by atoms with Crippen molar-refractivity contribution in [3.8, 4) is 0 Å². The lowest BCUT2D eigenvalue weighted by Gasteiger charge is -2.17. The maximum atomic E-state index is 12.6. The van der Waals surface area contributed by atoms with Gasteiger partial charge in [0, 0.05) is 30.6 Å². The standard InChI is InChI=1S/C21H23N3O4/c1-24(14-19(25)22-16-8-3-2-4-9-16)21(27)15-7-5-10-17(13-15)23-20(26)18-11-6-12-28-18/h2-5,7-10,13,18H,6,11-12,14H2,1H3,(H,22,25)(H,23,26). The van der Waals surface area contributed by atoms with Crippen molar-refractivity contribution >= 4 is 29.1 Å². The van der Waals surface area contributed by atoms with Crippen molar-refractivity contribution in [3.63, 3.8) is 0 Å². The number of nitrogens with one attached hydrogen (secondary N) is 2. The number of carbonyl (C=O) groups excluding carboxylic acids is 3. The lowest BCUT2D eigenvalue weighted by molar-refractivity contribution is -0.124. The van der Waals surface area contributed by atoms with Gasteiger partial charge in [-0.05, 0) is 43.2 Å². The van der Waals surface area contributed by atoms with E-state index in [-0.39, 0.29) is 24.3 Å². The van der Waals surface area contributed by atoms with Crippen LogP contribution in [0, 0.1) is 0 Å². The molecule has 2 N–H and O–H groups in total. The lowest BCUT2D eigenvalue weighted by Crippen LogP contribution is -2.35. The zero-order valence-corrected chi connectivity index (χ0v) is 15.7. The summed E-state index contributed by atoms with van der Waals surface area (Å²) in [7, 11) is 1.56. The van der Waals surface area contributed by atoms with E-state index in [0.29, 0.717) is 30.0 Å². The molecule has 1 heterocycles. The molecule has 7 nitrogen and oxygen atoms in total. The van der Waals surface area contributed by atoms with Gasteiger partial charge in [0.15, 0.2) is 0 Å². The van der Waals surface area contributed by atoms with Gasteiger partial charge in [0.05, 0.1) is 6.54 Å². The van der Waals surface area contributed by atoms with E-state index in [0.717, 1.165) is 6.42 Å². The molecule has 1 unspecified atom stereocenters. The minimum absolute atomic E-state index is 0.0831. The Hall–Kier alpha value is -3.19. The van der Waals surface area contributed by atoms with Crippen molar-refractivity contribution in [2.75, 3.05) is 30.8 Å². The summed E-state index contributed by atoms with van der Waals surface area (Å²) in [5.74, 6) is -0.806. The second kappa shape index (κ2) is 9.14. The average Bonchev–Trinajstić information content (AvgIpc) is 3.23. The Morgan fingerprint density at radius 2 is 1.79 bits per heavy atom. The zero-order valence-electron chi connectivity index (χ0n) is 15.7. The van der Waals surface area contributed by atoms with Crippen molar-refractivity contribution in [1.82, 2.24) is 4.90 Å². The summed E-state index contributed by atoms with van der Waals surface area (Å²) < 4.78 is 5.36. The number of benzene rings is 2. The quantitative estimate of drug-likeness (QED) is 0.805. The molecule has 28 heavy (non-hydrogen) atoms. The molecule has 2 aromatic rings. The highest BCUT2D eigenvalue weighted by Gasteiger charge is 2.24. The molecule has 1 atom stereocenters. The van der Waals surface area contributed by atoms with E-state index in [2.05, 4.69) is 10.6 Å². The van der Waals surface area contributed by atoms with Crippen molar-refractivity contribution in [3.05, 3.63) is 60.2 Å². The number of anilines is 2. The summed E-state index contributed by atoms with van der Waals surface area (Å²) in [4.78, 5) is 38.3. The van der Waals surface area contributed by atoms with Crippen LogP contribution in [0.25, 0.3) is 0 Å². The molecule has 1 fully saturated rings. The first-order valence-electron chi connectivity index (χ1n) is 9.16. The molecule has 0 saturated carbocycles. The van der Waals surface area contributed by atoms with E-state index >= 15 is 0 Å². The first-order chi connectivity index (χ1) is 13.5. The van der Waals surface area contributed by atoms with Gasteiger partial charge in [-0.25, -0.2) is 0 Å². The molecular formula is C21H23N3O4. The third kappa shape index (κ3) is 5.17. The molecule has 3 rings (SSSR count). The van der Waals surface area contributed by atoms with E-state index in [9.17, 15) is 14.4 Å². The predicted molar refractivity (Wildman–Crippen MR) is 106 cm³/mol. The number of nitrogens with zero attached hydrogens (tertiary/aromatic N) is 1. The number of amides is 3. The summed E-state index contributed by atoms with van der Waals surface area (Å²) in [6, 6.07) is 15.7. The molecule has 2 aromatic carbocycles. The molecule has 1 aliphatic rings. The highest BCUT2D eigenvalue weighted by molar-refractivity contribution is 6.01. The smallest absolute Gasteiger partial charge is 0.254 e. The average molecular weight is 381 g/mol. The van der Waals surface area contributed by atoms with E-state index in [1.54, 1.807) is 43.4 Å². The van der Waals surface area contributed by atoms with Crippen LogP contribution in [-0.4, -0.2) is 48.9 Å². The molecule has 0 bridgehead atoms. The number of likely N-dealkylation sites (N-methyl/N-ethyl adjacent to an activating group) is 1. The van der Waals surface area contributed by atoms with Crippen LogP contribution in [0.1, 0.15) is 23.2 Å². The van der Waals surface area contributed by atoms with Gasteiger partial charge in [-0.1, -0.05) is 24.3 Å². The Bertz CT molecular complexity index is 848. The summed E-state index contributed by atoms with van der Waals surface area (Å²) in [5, 5.41) is 5.52. The van der Waals surface area contributed by atoms with Gasteiger partial charge in [0.1, 0.15) is 6.10 Å². The molecule has 146 valence electrons. The first kappa shape index (κ1) is 19.6. The van der Waals surface area contributed by atoms with Crippen LogP contribution in [0.5, 0.6) is 0 Å². The normalized spacial score (nSPS) is 15.7. The van der Waals surface area contributed by atoms with Crippen molar-refractivity contribution in [2.45, 2.75) is 18.9 Å². The van der Waals surface area contributed by atoms with Crippen molar-refractivity contribution < 1.29 is 19.1 Å². The summed E-state index contributed by atoms with van der Waals surface area (Å²) in [6.45, 7) is 0.507. The van der Waals surface area contributed by atoms with Gasteiger partial charge in [-0.2, -0.15) is 0 Å². The van der Waals surface area contributed by atoms with Crippen LogP contribution in [0.4, 0.5) is 11.4 Å². The Kier molecular flexibility index (Phi) is 6.39. The highest BCUT2D eigenvalue weighted by atomic mass is 16.5. The molecule has 0 radical (unpaired) electrons.